The zero-order chi connectivity index (χ0) is 31.1. The topological polar surface area (TPSA) is 93.1 Å². The minimum atomic E-state index is -0.809. The summed E-state index contributed by atoms with van der Waals surface area (Å²) in [6.07, 6.45) is 32.1. The smallest absolute Gasteiger partial charge is 0.306 e. The summed E-state index contributed by atoms with van der Waals surface area (Å²) in [6.45, 7) is 6.23. The second-order valence-corrected chi connectivity index (χ2v) is 11.6. The van der Waals surface area contributed by atoms with Crippen LogP contribution in [-0.4, -0.2) is 47.6 Å². The molecule has 6 heteroatoms. The highest BCUT2D eigenvalue weighted by Crippen LogP contribution is 2.13. The molecule has 6 nitrogen and oxygen atoms in total. The van der Waals surface area contributed by atoms with Crippen LogP contribution in [0.15, 0.2) is 48.6 Å². The van der Waals surface area contributed by atoms with E-state index < -0.39 is 12.2 Å². The molecule has 0 amide bonds. The van der Waals surface area contributed by atoms with Gasteiger partial charge in [-0.15, -0.1) is 0 Å². The number of esters is 2. The number of aliphatic hydroxyl groups is 2. The van der Waals surface area contributed by atoms with Crippen molar-refractivity contribution in [2.75, 3.05) is 13.2 Å². The lowest BCUT2D eigenvalue weighted by molar-refractivity contribution is -0.161. The Morgan fingerprint density at radius 3 is 2.12 bits per heavy atom. The van der Waals surface area contributed by atoms with Crippen LogP contribution < -0.4 is 0 Å². The van der Waals surface area contributed by atoms with Gasteiger partial charge in [0.15, 0.2) is 6.10 Å². The largest absolute Gasteiger partial charge is 0.462 e. The van der Waals surface area contributed by atoms with Gasteiger partial charge in [-0.25, -0.2) is 0 Å². The van der Waals surface area contributed by atoms with Crippen molar-refractivity contribution in [2.45, 2.75) is 149 Å². The first kappa shape index (κ1) is 39.8. The average molecular weight is 591 g/mol. The van der Waals surface area contributed by atoms with Crippen molar-refractivity contribution in [2.24, 2.45) is 5.92 Å². The molecule has 0 saturated heterocycles. The third kappa shape index (κ3) is 29.3. The third-order valence-corrected chi connectivity index (χ3v) is 6.88. The van der Waals surface area contributed by atoms with E-state index in [1.807, 2.05) is 36.5 Å². The summed E-state index contributed by atoms with van der Waals surface area (Å²) < 4.78 is 10.5. The van der Waals surface area contributed by atoms with Crippen LogP contribution in [0, 0.1) is 5.92 Å². The van der Waals surface area contributed by atoms with Crippen molar-refractivity contribution < 1.29 is 29.3 Å². The zero-order valence-corrected chi connectivity index (χ0v) is 27.0. The summed E-state index contributed by atoms with van der Waals surface area (Å²) in [5, 5.41) is 19.4. The van der Waals surface area contributed by atoms with Crippen molar-refractivity contribution in [3.05, 3.63) is 48.6 Å². The zero-order valence-electron chi connectivity index (χ0n) is 27.0. The van der Waals surface area contributed by atoms with Gasteiger partial charge in [0.25, 0.3) is 0 Å². The van der Waals surface area contributed by atoms with Crippen molar-refractivity contribution in [3.8, 4) is 0 Å². The van der Waals surface area contributed by atoms with E-state index in [0.29, 0.717) is 19.3 Å². The van der Waals surface area contributed by atoms with Crippen molar-refractivity contribution >= 4 is 11.9 Å². The number of hydrogen-bond acceptors (Lipinski definition) is 6. The molecule has 0 aromatic carbocycles. The molecule has 42 heavy (non-hydrogen) atoms. The van der Waals surface area contributed by atoms with Gasteiger partial charge in [0, 0.05) is 12.8 Å². The van der Waals surface area contributed by atoms with Crippen LogP contribution in [0.1, 0.15) is 136 Å². The van der Waals surface area contributed by atoms with Gasteiger partial charge in [-0.05, 0) is 50.9 Å². The predicted molar refractivity (Wildman–Crippen MR) is 174 cm³/mol. The van der Waals surface area contributed by atoms with Crippen molar-refractivity contribution in [1.82, 2.24) is 0 Å². The highest BCUT2D eigenvalue weighted by Gasteiger charge is 2.16. The number of carbonyl (C=O) groups excluding carboxylic acids is 2. The number of aliphatic hydroxyl groups excluding tert-OH is 2. The number of hydrogen-bond donors (Lipinski definition) is 2. The van der Waals surface area contributed by atoms with Crippen LogP contribution in [0.2, 0.25) is 0 Å². The monoisotopic (exact) mass is 590 g/mol. The number of allylic oxidation sites excluding steroid dienone is 6. The molecule has 2 atom stereocenters. The molecule has 0 aliphatic heterocycles. The summed E-state index contributed by atoms with van der Waals surface area (Å²) in [5.41, 5.74) is 0. The number of carbonyl (C=O) groups is 2. The number of ether oxygens (including phenoxy) is 2. The van der Waals surface area contributed by atoms with Crippen molar-refractivity contribution in [3.63, 3.8) is 0 Å². The molecule has 0 bridgehead atoms. The van der Waals surface area contributed by atoms with Gasteiger partial charge in [0.1, 0.15) is 6.61 Å². The molecular weight excluding hydrogens is 528 g/mol. The Kier molecular flexibility index (Phi) is 28.7. The van der Waals surface area contributed by atoms with E-state index in [1.54, 1.807) is 6.08 Å². The fourth-order valence-electron chi connectivity index (χ4n) is 4.28. The fourth-order valence-corrected chi connectivity index (χ4v) is 4.28. The molecule has 0 unspecified atom stereocenters. The maximum atomic E-state index is 12.1. The molecule has 2 N–H and O–H groups in total. The molecular formula is C36H62O6. The summed E-state index contributed by atoms with van der Waals surface area (Å²) >= 11 is 0. The fraction of sp³-hybridized carbons (Fsp3) is 0.722. The van der Waals surface area contributed by atoms with E-state index in [2.05, 4.69) is 26.8 Å². The minimum absolute atomic E-state index is 0.116. The van der Waals surface area contributed by atoms with E-state index in [1.165, 1.54) is 51.4 Å². The Morgan fingerprint density at radius 2 is 1.40 bits per heavy atom. The highest BCUT2D eigenvalue weighted by atomic mass is 16.6. The van der Waals surface area contributed by atoms with E-state index in [-0.39, 0.29) is 31.6 Å². The number of unbranched alkanes of at least 4 members (excludes halogenated alkanes) is 10. The van der Waals surface area contributed by atoms with E-state index in [4.69, 9.17) is 9.47 Å². The molecule has 242 valence electrons. The normalized spacial score (nSPS) is 13.7. The highest BCUT2D eigenvalue weighted by molar-refractivity contribution is 5.70. The molecule has 0 fully saturated rings. The third-order valence-electron chi connectivity index (χ3n) is 6.88. The van der Waals surface area contributed by atoms with Gasteiger partial charge in [-0.2, -0.15) is 0 Å². The predicted octanol–water partition coefficient (Wildman–Crippen LogP) is 8.72. The maximum absolute atomic E-state index is 12.1. The molecule has 0 aliphatic rings. The minimum Gasteiger partial charge on any atom is -0.462 e. The van der Waals surface area contributed by atoms with Crippen LogP contribution in [0.4, 0.5) is 0 Å². The lowest BCUT2D eigenvalue weighted by Crippen LogP contribution is -2.28. The Bertz CT molecular complexity index is 752. The quantitative estimate of drug-likeness (QED) is 0.0410. The summed E-state index contributed by atoms with van der Waals surface area (Å²) in [7, 11) is 0. The Balaban J connectivity index is 3.81. The summed E-state index contributed by atoms with van der Waals surface area (Å²) in [4.78, 5) is 24.0. The molecule has 0 saturated carbocycles. The van der Waals surface area contributed by atoms with Gasteiger partial charge < -0.3 is 19.7 Å². The van der Waals surface area contributed by atoms with Crippen molar-refractivity contribution in [1.29, 1.82) is 0 Å². The molecule has 0 aliphatic carbocycles. The molecule has 0 radical (unpaired) electrons. The molecule has 0 heterocycles. The standard InChI is InChI=1S/C36H62O6/c1-4-5-6-7-16-21-26-33(38)27-22-17-12-8-9-13-18-23-28-35(39)41-31-34(30-37)42-36(40)29-24-19-14-10-11-15-20-25-32(2)3/h9,12-13,16-17,21-22,27,32-34,37-38H,4-8,10-11,14-15,18-20,23-26,28-31H2,1-3H3/b13-9-,17-12-,21-16-,27-22+/t33-,34+/m1/s1. The van der Waals surface area contributed by atoms with Gasteiger partial charge in [0.05, 0.1) is 12.7 Å². The SMILES string of the molecule is CCCCC/C=C\C[C@@H](O)/C=C/C=C\C/C=C\CCCC(=O)OC[C@H](CO)OC(=O)CCCCCCCCCC(C)C. The van der Waals surface area contributed by atoms with Gasteiger partial charge >= 0.3 is 11.9 Å². The van der Waals surface area contributed by atoms with Crippen LogP contribution in [0.5, 0.6) is 0 Å². The van der Waals surface area contributed by atoms with E-state index in [0.717, 1.165) is 44.4 Å². The molecule has 0 aromatic rings. The molecule has 0 spiro atoms. The first-order valence-corrected chi connectivity index (χ1v) is 16.7. The second kappa shape index (κ2) is 30.3. The van der Waals surface area contributed by atoms with Gasteiger partial charge in [-0.3, -0.25) is 9.59 Å². The van der Waals surface area contributed by atoms with Gasteiger partial charge in [0.2, 0.25) is 0 Å². The van der Waals surface area contributed by atoms with Crippen LogP contribution >= 0.6 is 0 Å². The Labute approximate surface area is 257 Å². The molecule has 0 rings (SSSR count). The maximum Gasteiger partial charge on any atom is 0.306 e. The number of rotatable bonds is 28. The average Bonchev–Trinajstić information content (AvgIpc) is 2.96. The Hall–Kier alpha value is -2.18. The molecule has 0 aromatic heterocycles. The van der Waals surface area contributed by atoms with E-state index >= 15 is 0 Å². The second-order valence-electron chi connectivity index (χ2n) is 11.6. The Morgan fingerprint density at radius 1 is 0.738 bits per heavy atom. The lowest BCUT2D eigenvalue weighted by Gasteiger charge is -2.15. The van der Waals surface area contributed by atoms with E-state index in [9.17, 15) is 19.8 Å². The van der Waals surface area contributed by atoms with Crippen LogP contribution in [0.3, 0.4) is 0 Å². The lowest BCUT2D eigenvalue weighted by atomic mass is 10.0. The summed E-state index contributed by atoms with van der Waals surface area (Å²) in [5.74, 6) is 0.0751. The summed E-state index contributed by atoms with van der Waals surface area (Å²) in [6, 6.07) is 0. The first-order chi connectivity index (χ1) is 20.4. The van der Waals surface area contributed by atoms with Crippen LogP contribution in [0.25, 0.3) is 0 Å². The van der Waals surface area contributed by atoms with Gasteiger partial charge in [-0.1, -0.05) is 127 Å². The first-order valence-electron chi connectivity index (χ1n) is 16.7. The van der Waals surface area contributed by atoms with Crippen LogP contribution in [-0.2, 0) is 19.1 Å².